The van der Waals surface area contributed by atoms with E-state index in [2.05, 4.69) is 11.6 Å². The van der Waals surface area contributed by atoms with Gasteiger partial charge in [0.1, 0.15) is 0 Å². The lowest BCUT2D eigenvalue weighted by Crippen LogP contribution is -1.65. The quantitative estimate of drug-likeness (QED) is 0.417. The van der Waals surface area contributed by atoms with Gasteiger partial charge in [-0.3, -0.25) is 4.99 Å². The van der Waals surface area contributed by atoms with E-state index in [-0.39, 0.29) is 0 Å². The van der Waals surface area contributed by atoms with Gasteiger partial charge in [-0.15, -0.1) is 0 Å². The van der Waals surface area contributed by atoms with Gasteiger partial charge in [-0.05, 0) is 19.4 Å². The van der Waals surface area contributed by atoms with E-state index in [4.69, 9.17) is 0 Å². The SMILES string of the molecule is C=C\C=N/C=C(C)/C=C/C. The van der Waals surface area contributed by atoms with Crippen LogP contribution in [0.2, 0.25) is 0 Å². The summed E-state index contributed by atoms with van der Waals surface area (Å²) in [5.74, 6) is 0. The normalized spacial score (nSPS) is 13.2. The maximum atomic E-state index is 3.95. The summed E-state index contributed by atoms with van der Waals surface area (Å²) in [7, 11) is 0. The van der Waals surface area contributed by atoms with Crippen molar-refractivity contribution in [3.05, 3.63) is 36.6 Å². The van der Waals surface area contributed by atoms with Crippen molar-refractivity contribution in [2.75, 3.05) is 0 Å². The van der Waals surface area contributed by atoms with Crippen molar-refractivity contribution in [2.45, 2.75) is 13.8 Å². The van der Waals surface area contributed by atoms with E-state index < -0.39 is 0 Å². The molecule has 0 radical (unpaired) electrons. The molecule has 0 amide bonds. The Morgan fingerprint density at radius 1 is 1.50 bits per heavy atom. The number of rotatable bonds is 3. The second kappa shape index (κ2) is 6.02. The highest BCUT2D eigenvalue weighted by Crippen LogP contribution is 1.93. The number of hydrogen-bond donors (Lipinski definition) is 0. The van der Waals surface area contributed by atoms with Crippen molar-refractivity contribution in [2.24, 2.45) is 4.99 Å². The van der Waals surface area contributed by atoms with Crippen LogP contribution in [-0.4, -0.2) is 6.21 Å². The first kappa shape index (κ1) is 8.89. The molecule has 0 aliphatic carbocycles. The Bertz CT molecular complexity index is 173. The van der Waals surface area contributed by atoms with Crippen LogP contribution in [0.3, 0.4) is 0 Å². The maximum Gasteiger partial charge on any atom is 0.0296 e. The first-order valence-corrected chi connectivity index (χ1v) is 3.25. The Morgan fingerprint density at radius 3 is 2.70 bits per heavy atom. The average Bonchev–Trinajstić information content (AvgIpc) is 1.89. The molecule has 0 rings (SSSR count). The minimum Gasteiger partial charge on any atom is -0.264 e. The largest absolute Gasteiger partial charge is 0.264 e. The van der Waals surface area contributed by atoms with Gasteiger partial charge < -0.3 is 0 Å². The van der Waals surface area contributed by atoms with Gasteiger partial charge in [-0.2, -0.15) is 0 Å². The van der Waals surface area contributed by atoms with Crippen LogP contribution in [0.1, 0.15) is 13.8 Å². The summed E-state index contributed by atoms with van der Waals surface area (Å²) < 4.78 is 0. The van der Waals surface area contributed by atoms with E-state index in [9.17, 15) is 0 Å². The predicted octanol–water partition coefficient (Wildman–Crippen LogP) is 2.72. The lowest BCUT2D eigenvalue weighted by atomic mass is 10.3. The number of allylic oxidation sites excluding steroid dienone is 4. The number of aliphatic imine (C=N–C) groups is 1. The molecule has 0 atom stereocenters. The molecule has 0 aromatic carbocycles. The summed E-state index contributed by atoms with van der Waals surface area (Å²) in [4.78, 5) is 3.95. The average molecular weight is 135 g/mol. The zero-order valence-electron chi connectivity index (χ0n) is 6.54. The third-order valence-corrected chi connectivity index (χ3v) is 0.899. The molecule has 0 aliphatic rings. The van der Waals surface area contributed by atoms with E-state index in [1.54, 1.807) is 18.5 Å². The van der Waals surface area contributed by atoms with Gasteiger partial charge in [0.2, 0.25) is 0 Å². The molecule has 1 heteroatoms. The van der Waals surface area contributed by atoms with Crippen molar-refractivity contribution < 1.29 is 0 Å². The van der Waals surface area contributed by atoms with Gasteiger partial charge in [0.05, 0.1) is 0 Å². The van der Waals surface area contributed by atoms with E-state index in [1.807, 2.05) is 26.0 Å². The minimum absolute atomic E-state index is 1.14. The van der Waals surface area contributed by atoms with Crippen LogP contribution in [-0.2, 0) is 0 Å². The van der Waals surface area contributed by atoms with Gasteiger partial charge in [0.25, 0.3) is 0 Å². The van der Waals surface area contributed by atoms with Crippen LogP contribution in [0.4, 0.5) is 0 Å². The smallest absolute Gasteiger partial charge is 0.0296 e. The van der Waals surface area contributed by atoms with E-state index >= 15 is 0 Å². The van der Waals surface area contributed by atoms with Gasteiger partial charge in [-0.25, -0.2) is 0 Å². The topological polar surface area (TPSA) is 12.4 Å². The second-order valence-corrected chi connectivity index (χ2v) is 1.91. The van der Waals surface area contributed by atoms with Gasteiger partial charge in [0, 0.05) is 12.4 Å². The Morgan fingerprint density at radius 2 is 2.20 bits per heavy atom. The third kappa shape index (κ3) is 5.04. The molecule has 0 heterocycles. The fourth-order valence-electron chi connectivity index (χ4n) is 0.527. The zero-order valence-corrected chi connectivity index (χ0v) is 6.54. The van der Waals surface area contributed by atoms with Crippen LogP contribution in [0.15, 0.2) is 41.6 Å². The van der Waals surface area contributed by atoms with Crippen molar-refractivity contribution in [3.63, 3.8) is 0 Å². The summed E-state index contributed by atoms with van der Waals surface area (Å²) >= 11 is 0. The molecule has 0 bridgehead atoms. The van der Waals surface area contributed by atoms with Crippen molar-refractivity contribution in [1.82, 2.24) is 0 Å². The highest BCUT2D eigenvalue weighted by atomic mass is 14.7. The monoisotopic (exact) mass is 135 g/mol. The highest BCUT2D eigenvalue weighted by molar-refractivity contribution is 5.70. The zero-order chi connectivity index (χ0) is 7.82. The van der Waals surface area contributed by atoms with E-state index in [1.165, 1.54) is 0 Å². The minimum atomic E-state index is 1.14. The van der Waals surface area contributed by atoms with Crippen LogP contribution in [0, 0.1) is 0 Å². The molecule has 54 valence electrons. The molecular weight excluding hydrogens is 122 g/mol. The summed E-state index contributed by atoms with van der Waals surface area (Å²) in [6, 6.07) is 0. The Kier molecular flexibility index (Phi) is 5.35. The maximum absolute atomic E-state index is 3.95. The fraction of sp³-hybridized carbons (Fsp3) is 0.222. The summed E-state index contributed by atoms with van der Waals surface area (Å²) in [5, 5.41) is 0. The van der Waals surface area contributed by atoms with Crippen molar-refractivity contribution in [3.8, 4) is 0 Å². The molecule has 0 aromatic heterocycles. The molecular formula is C9H13N. The summed E-state index contributed by atoms with van der Waals surface area (Å²) in [6.07, 6.45) is 9.09. The van der Waals surface area contributed by atoms with E-state index in [0.717, 1.165) is 5.57 Å². The molecule has 10 heavy (non-hydrogen) atoms. The first-order valence-electron chi connectivity index (χ1n) is 3.25. The standard InChI is InChI=1S/C9H13N/c1-4-6-9(3)8-10-7-5-2/h4-8H,2H2,1,3H3/b6-4+,9-8+,10-7-. The molecule has 0 saturated heterocycles. The third-order valence-electron chi connectivity index (χ3n) is 0.899. The van der Waals surface area contributed by atoms with Gasteiger partial charge in [0.15, 0.2) is 0 Å². The summed E-state index contributed by atoms with van der Waals surface area (Å²) in [5.41, 5.74) is 1.14. The fourth-order valence-corrected chi connectivity index (χ4v) is 0.527. The Balaban J connectivity index is 3.90. The van der Waals surface area contributed by atoms with Crippen molar-refractivity contribution in [1.29, 1.82) is 0 Å². The van der Waals surface area contributed by atoms with Crippen LogP contribution < -0.4 is 0 Å². The Hall–Kier alpha value is -1.11. The van der Waals surface area contributed by atoms with E-state index in [0.29, 0.717) is 0 Å². The molecule has 1 nitrogen and oxygen atoms in total. The molecule has 0 fully saturated rings. The van der Waals surface area contributed by atoms with Gasteiger partial charge in [-0.1, -0.05) is 24.8 Å². The number of hydrogen-bond acceptors (Lipinski definition) is 1. The molecule has 0 unspecified atom stereocenters. The van der Waals surface area contributed by atoms with Crippen LogP contribution in [0.5, 0.6) is 0 Å². The molecule has 0 saturated carbocycles. The lowest BCUT2D eigenvalue weighted by molar-refractivity contribution is 1.43. The first-order chi connectivity index (χ1) is 4.81. The Labute approximate surface area is 62.5 Å². The van der Waals surface area contributed by atoms with Crippen LogP contribution >= 0.6 is 0 Å². The number of nitrogens with zero attached hydrogens (tertiary/aromatic N) is 1. The molecule has 0 spiro atoms. The van der Waals surface area contributed by atoms with Crippen molar-refractivity contribution >= 4 is 6.21 Å². The second-order valence-electron chi connectivity index (χ2n) is 1.91. The summed E-state index contributed by atoms with van der Waals surface area (Å²) in [6.45, 7) is 7.49. The molecule has 0 N–H and O–H groups in total. The highest BCUT2D eigenvalue weighted by Gasteiger charge is 1.73. The van der Waals surface area contributed by atoms with Crippen LogP contribution in [0.25, 0.3) is 0 Å². The van der Waals surface area contributed by atoms with Gasteiger partial charge >= 0.3 is 0 Å². The predicted molar refractivity (Wildman–Crippen MR) is 47.3 cm³/mol. The lowest BCUT2D eigenvalue weighted by Gasteiger charge is -1.83. The molecule has 0 aromatic rings. The molecule has 0 aliphatic heterocycles.